The molecule has 0 aromatic heterocycles. The van der Waals surface area contributed by atoms with Crippen molar-refractivity contribution in [2.45, 2.75) is 86.0 Å². The zero-order valence-corrected chi connectivity index (χ0v) is 25.2. The van der Waals surface area contributed by atoms with Crippen LogP contribution in [0.3, 0.4) is 0 Å². The predicted octanol–water partition coefficient (Wildman–Crippen LogP) is 10.1. The number of rotatable bonds is 9. The van der Waals surface area contributed by atoms with Crippen LogP contribution in [0.2, 0.25) is 0 Å². The van der Waals surface area contributed by atoms with Crippen LogP contribution in [0, 0.1) is 0 Å². The third kappa shape index (κ3) is 10.2. The zero-order chi connectivity index (χ0) is 26.5. The van der Waals surface area contributed by atoms with E-state index in [1.165, 1.54) is 22.3 Å². The molecule has 0 heterocycles. The molecule has 0 atom stereocenters. The first-order valence-corrected chi connectivity index (χ1v) is 15.3. The first-order valence-electron chi connectivity index (χ1n) is 12.2. The fourth-order valence-corrected chi connectivity index (χ4v) is 3.87. The van der Waals surface area contributed by atoms with Gasteiger partial charge in [0.1, 0.15) is 0 Å². The summed E-state index contributed by atoms with van der Waals surface area (Å²) in [6.45, 7) is 20.3. The Morgan fingerprint density at radius 2 is 1.11 bits per heavy atom. The van der Waals surface area contributed by atoms with E-state index in [9.17, 15) is 0 Å². The van der Waals surface area contributed by atoms with Crippen molar-refractivity contribution in [3.63, 3.8) is 0 Å². The molecule has 0 spiro atoms. The minimum absolute atomic E-state index is 0.194. The van der Waals surface area contributed by atoms with Gasteiger partial charge < -0.3 is 0 Å². The van der Waals surface area contributed by atoms with Crippen LogP contribution in [0.1, 0.15) is 108 Å². The van der Waals surface area contributed by atoms with Crippen molar-refractivity contribution >= 4 is 49.7 Å². The molecular weight excluding hydrogens is 517 g/mol. The second-order valence-electron chi connectivity index (χ2n) is 9.80. The van der Waals surface area contributed by atoms with E-state index in [4.69, 9.17) is 30.2 Å². The van der Waals surface area contributed by atoms with Crippen molar-refractivity contribution in [2.75, 3.05) is 6.54 Å². The molecule has 3 nitrogen and oxygen atoms in total. The van der Waals surface area contributed by atoms with Gasteiger partial charge in [0.05, 0.1) is 23.6 Å². The summed E-state index contributed by atoms with van der Waals surface area (Å²) >= 11 is 0.194. The minimum atomic E-state index is 0.194. The summed E-state index contributed by atoms with van der Waals surface area (Å²) < 4.78 is 0. The van der Waals surface area contributed by atoms with E-state index >= 15 is 0 Å². The Hall–Kier alpha value is -1.45. The Labute approximate surface area is 228 Å². The van der Waals surface area contributed by atoms with Crippen LogP contribution >= 0.6 is 20.2 Å². The molecule has 0 N–H and O–H groups in total. The van der Waals surface area contributed by atoms with Gasteiger partial charge in [0.25, 0.3) is 0 Å². The number of halogens is 2. The Kier molecular flexibility index (Phi) is 14.7. The third-order valence-corrected chi connectivity index (χ3v) is 5.66. The number of hydrogen-bond donors (Lipinski definition) is 0. The fraction of sp³-hybridized carbons (Fsp3) is 0.483. The average molecular weight is 558 g/mol. The molecule has 0 bridgehead atoms. The second-order valence-corrected chi connectivity index (χ2v) is 11.6. The fourth-order valence-electron chi connectivity index (χ4n) is 3.87. The van der Waals surface area contributed by atoms with E-state index < -0.39 is 0 Å². The Morgan fingerprint density at radius 3 is 1.49 bits per heavy atom. The normalized spacial score (nSPS) is 12.6. The van der Waals surface area contributed by atoms with E-state index in [1.54, 1.807) is 0 Å². The first-order chi connectivity index (χ1) is 16.5. The van der Waals surface area contributed by atoms with Gasteiger partial charge in [-0.15, -0.1) is 0 Å². The number of benzene rings is 2. The molecule has 2 aromatic rings. The number of hydrogen-bond acceptors (Lipinski definition) is 3. The van der Waals surface area contributed by atoms with Crippen molar-refractivity contribution in [1.82, 2.24) is 0 Å². The summed E-state index contributed by atoms with van der Waals surface area (Å²) in [5.41, 5.74) is 8.28. The Balaban J connectivity index is 0.00000194. The maximum absolute atomic E-state index is 4.95. The molecule has 2 rings (SSSR count). The van der Waals surface area contributed by atoms with E-state index in [0.29, 0.717) is 30.2 Å². The van der Waals surface area contributed by atoms with Crippen LogP contribution in [0.5, 0.6) is 0 Å². The standard InChI is InChI=1S/C29H41N3.2ClH.Fe/c1-19(2)24-12-10-13-25(20(3)4)28(24)31-17-16-30-18-23(9)32-29-26(21(5)6)14-11-15-27(29)22(7)8;;;/h10-15,17-22H,16H2,1-9H3;2*1H;/q;;;+2/p-2. The van der Waals surface area contributed by atoms with Gasteiger partial charge in [0.15, 0.2) is 0 Å². The molecule has 0 radical (unpaired) electrons. The van der Waals surface area contributed by atoms with E-state index in [1.807, 2.05) is 19.4 Å². The van der Waals surface area contributed by atoms with Crippen LogP contribution in [0.25, 0.3) is 0 Å². The average Bonchev–Trinajstić information content (AvgIpc) is 2.78. The summed E-state index contributed by atoms with van der Waals surface area (Å²) in [5, 5.41) is 0. The molecule has 0 fully saturated rings. The summed E-state index contributed by atoms with van der Waals surface area (Å²) in [7, 11) is 9.53. The monoisotopic (exact) mass is 557 g/mol. The number of para-hydroxylation sites is 2. The molecule has 0 aliphatic carbocycles. The van der Waals surface area contributed by atoms with Crippen molar-refractivity contribution in [2.24, 2.45) is 15.0 Å². The molecule has 6 heteroatoms. The van der Waals surface area contributed by atoms with Crippen LogP contribution < -0.4 is 0 Å². The maximum atomic E-state index is 4.95. The van der Waals surface area contributed by atoms with E-state index in [0.717, 1.165) is 17.1 Å². The van der Waals surface area contributed by atoms with Crippen LogP contribution in [-0.2, 0) is 13.1 Å². The van der Waals surface area contributed by atoms with Gasteiger partial charge in [0.2, 0.25) is 0 Å². The predicted molar refractivity (Wildman–Crippen MR) is 155 cm³/mol. The summed E-state index contributed by atoms with van der Waals surface area (Å²) in [6, 6.07) is 13.0. The molecule has 0 saturated carbocycles. The Bertz CT molecular complexity index is 956. The van der Waals surface area contributed by atoms with Crippen LogP contribution in [0.4, 0.5) is 11.4 Å². The molecule has 0 saturated heterocycles. The van der Waals surface area contributed by atoms with Gasteiger partial charge >= 0.3 is 33.3 Å². The topological polar surface area (TPSA) is 37.1 Å². The second kappa shape index (κ2) is 16.3. The van der Waals surface area contributed by atoms with Gasteiger partial charge in [-0.25, -0.2) is 0 Å². The van der Waals surface area contributed by atoms with Crippen molar-refractivity contribution in [3.8, 4) is 0 Å². The molecular formula is C29H41Cl2FeN3. The first kappa shape index (κ1) is 31.6. The molecule has 35 heavy (non-hydrogen) atoms. The van der Waals surface area contributed by atoms with Gasteiger partial charge in [-0.05, 0) is 52.8 Å². The molecule has 0 aliphatic heterocycles. The Morgan fingerprint density at radius 1 is 0.743 bits per heavy atom. The molecule has 2 aromatic carbocycles. The SMILES string of the molecule is CC(C=NCC=Nc1c(C(C)C)cccc1C(C)C)=Nc1c(C(C)C)cccc1C(C)C.[Cl][Fe][Cl]. The number of nitrogens with zero attached hydrogens (tertiary/aromatic N) is 3. The van der Waals surface area contributed by atoms with E-state index in [-0.39, 0.29) is 13.1 Å². The van der Waals surface area contributed by atoms with Crippen molar-refractivity contribution in [1.29, 1.82) is 0 Å². The van der Waals surface area contributed by atoms with Gasteiger partial charge in [-0.2, -0.15) is 0 Å². The molecule has 0 aliphatic rings. The summed E-state index contributed by atoms with van der Waals surface area (Å²) in [6.07, 6.45) is 3.78. The number of aliphatic imine (C=N–C) groups is 3. The third-order valence-electron chi connectivity index (χ3n) is 5.66. The van der Waals surface area contributed by atoms with Gasteiger partial charge in [-0.3, -0.25) is 15.0 Å². The zero-order valence-electron chi connectivity index (χ0n) is 22.6. The van der Waals surface area contributed by atoms with Crippen molar-refractivity contribution in [3.05, 3.63) is 58.7 Å². The van der Waals surface area contributed by atoms with Crippen LogP contribution in [0.15, 0.2) is 51.4 Å². The summed E-state index contributed by atoms with van der Waals surface area (Å²) in [5.74, 6) is 1.74. The van der Waals surface area contributed by atoms with Gasteiger partial charge in [-0.1, -0.05) is 91.8 Å². The van der Waals surface area contributed by atoms with Crippen LogP contribution in [-0.4, -0.2) is 24.7 Å². The molecule has 0 amide bonds. The van der Waals surface area contributed by atoms with Gasteiger partial charge in [0, 0.05) is 12.4 Å². The van der Waals surface area contributed by atoms with E-state index in [2.05, 4.69) is 96.8 Å². The quantitative estimate of drug-likeness (QED) is 0.217. The summed E-state index contributed by atoms with van der Waals surface area (Å²) in [4.78, 5) is 14.4. The molecule has 194 valence electrons. The molecule has 0 unspecified atom stereocenters. The van der Waals surface area contributed by atoms with Crippen molar-refractivity contribution < 1.29 is 13.1 Å².